The Labute approximate surface area is 140 Å². The van der Waals surface area contributed by atoms with Gasteiger partial charge >= 0.3 is 0 Å². The lowest BCUT2D eigenvalue weighted by molar-refractivity contribution is -0.139. The molecule has 24 heavy (non-hydrogen) atoms. The molecule has 0 spiro atoms. The molecule has 1 aliphatic rings. The summed E-state index contributed by atoms with van der Waals surface area (Å²) in [6.07, 6.45) is 7.37. The molecule has 2 aromatic rings. The van der Waals surface area contributed by atoms with Crippen molar-refractivity contribution in [3.63, 3.8) is 0 Å². The van der Waals surface area contributed by atoms with Crippen LogP contribution in [-0.4, -0.2) is 57.1 Å². The van der Waals surface area contributed by atoms with Gasteiger partial charge in [0.2, 0.25) is 5.91 Å². The Morgan fingerprint density at radius 3 is 2.96 bits per heavy atom. The van der Waals surface area contributed by atoms with Gasteiger partial charge in [0, 0.05) is 44.8 Å². The van der Waals surface area contributed by atoms with Crippen LogP contribution in [-0.2, 0) is 22.5 Å². The Balaban J connectivity index is 1.70. The van der Waals surface area contributed by atoms with E-state index in [1.165, 1.54) is 0 Å². The molecule has 1 atom stereocenters. The fourth-order valence-electron chi connectivity index (χ4n) is 2.86. The highest BCUT2D eigenvalue weighted by Crippen LogP contribution is 2.25. The van der Waals surface area contributed by atoms with E-state index in [2.05, 4.69) is 20.3 Å². The highest BCUT2D eigenvalue weighted by Gasteiger charge is 2.28. The minimum atomic E-state index is -0.271. The van der Waals surface area contributed by atoms with Gasteiger partial charge in [-0.1, -0.05) is 6.92 Å². The number of morpholine rings is 1. The minimum Gasteiger partial charge on any atom is -0.372 e. The third kappa shape index (κ3) is 3.38. The predicted molar refractivity (Wildman–Crippen MR) is 88.5 cm³/mol. The molecule has 3 heterocycles. The first kappa shape index (κ1) is 16.4. The summed E-state index contributed by atoms with van der Waals surface area (Å²) in [5.41, 5.74) is 0.731. The van der Waals surface area contributed by atoms with E-state index >= 15 is 0 Å². The standard InChI is InChI=1S/C16H22N6O2/c1-3-13-18-6-7-21(13)11-14(23)22-8-9-24-12(10-22)15-16(17-2)20-5-4-19-15/h4-7,12H,3,8-11H2,1-2H3,(H,17,20). The van der Waals surface area contributed by atoms with Gasteiger partial charge in [0.1, 0.15) is 30.0 Å². The number of nitrogens with one attached hydrogen (secondary N) is 1. The molecule has 8 nitrogen and oxygen atoms in total. The van der Waals surface area contributed by atoms with Crippen LogP contribution < -0.4 is 5.32 Å². The van der Waals surface area contributed by atoms with Gasteiger partial charge in [-0.25, -0.2) is 9.97 Å². The summed E-state index contributed by atoms with van der Waals surface area (Å²) < 4.78 is 7.71. The van der Waals surface area contributed by atoms with Crippen LogP contribution in [0, 0.1) is 0 Å². The van der Waals surface area contributed by atoms with Gasteiger partial charge in [0.15, 0.2) is 0 Å². The number of aromatic nitrogens is 4. The zero-order chi connectivity index (χ0) is 16.9. The van der Waals surface area contributed by atoms with Gasteiger partial charge in [-0.3, -0.25) is 9.78 Å². The van der Waals surface area contributed by atoms with E-state index in [0.29, 0.717) is 32.1 Å². The molecule has 1 aliphatic heterocycles. The molecule has 2 aromatic heterocycles. The SMILES string of the molecule is CCc1nccn1CC(=O)N1CCOC(c2nccnc2NC)C1. The summed E-state index contributed by atoms with van der Waals surface area (Å²) in [6.45, 7) is 3.88. The first-order valence-corrected chi connectivity index (χ1v) is 8.11. The van der Waals surface area contributed by atoms with Gasteiger partial charge in [-0.2, -0.15) is 0 Å². The van der Waals surface area contributed by atoms with Crippen molar-refractivity contribution in [3.8, 4) is 0 Å². The molecule has 0 aromatic carbocycles. The van der Waals surface area contributed by atoms with Crippen LogP contribution in [0.1, 0.15) is 24.5 Å². The van der Waals surface area contributed by atoms with Crippen LogP contribution in [0.4, 0.5) is 5.82 Å². The number of carbonyl (C=O) groups excluding carboxylic acids is 1. The molecular formula is C16H22N6O2. The maximum atomic E-state index is 12.6. The normalized spacial score (nSPS) is 17.8. The van der Waals surface area contributed by atoms with Gasteiger partial charge in [0.25, 0.3) is 0 Å². The topological polar surface area (TPSA) is 85.2 Å². The minimum absolute atomic E-state index is 0.0610. The van der Waals surface area contributed by atoms with Crippen molar-refractivity contribution in [2.45, 2.75) is 26.0 Å². The number of hydrogen-bond donors (Lipinski definition) is 1. The highest BCUT2D eigenvalue weighted by atomic mass is 16.5. The largest absolute Gasteiger partial charge is 0.372 e. The number of imidazole rings is 1. The maximum Gasteiger partial charge on any atom is 0.242 e. The van der Waals surface area contributed by atoms with E-state index in [-0.39, 0.29) is 12.0 Å². The molecule has 0 aliphatic carbocycles. The van der Waals surface area contributed by atoms with Crippen molar-refractivity contribution in [1.29, 1.82) is 0 Å². The van der Waals surface area contributed by atoms with E-state index in [0.717, 1.165) is 17.9 Å². The second-order valence-electron chi connectivity index (χ2n) is 5.56. The molecule has 1 saturated heterocycles. The molecule has 0 bridgehead atoms. The molecule has 3 rings (SSSR count). The zero-order valence-electron chi connectivity index (χ0n) is 14.0. The fraction of sp³-hybridized carbons (Fsp3) is 0.500. The Kier molecular flexibility index (Phi) is 5.05. The van der Waals surface area contributed by atoms with Crippen LogP contribution >= 0.6 is 0 Å². The van der Waals surface area contributed by atoms with Crippen molar-refractivity contribution in [2.75, 3.05) is 32.1 Å². The van der Waals surface area contributed by atoms with Gasteiger partial charge in [-0.05, 0) is 0 Å². The smallest absolute Gasteiger partial charge is 0.242 e. The summed E-state index contributed by atoms with van der Waals surface area (Å²) in [6, 6.07) is 0. The highest BCUT2D eigenvalue weighted by molar-refractivity contribution is 5.76. The molecule has 1 N–H and O–H groups in total. The lowest BCUT2D eigenvalue weighted by Crippen LogP contribution is -2.44. The maximum absolute atomic E-state index is 12.6. The first-order valence-electron chi connectivity index (χ1n) is 8.11. The van der Waals surface area contributed by atoms with Crippen molar-refractivity contribution in [3.05, 3.63) is 36.3 Å². The Morgan fingerprint density at radius 1 is 1.33 bits per heavy atom. The quantitative estimate of drug-likeness (QED) is 0.876. The summed E-state index contributed by atoms with van der Waals surface area (Å²) in [5.74, 6) is 1.66. The monoisotopic (exact) mass is 330 g/mol. The summed E-state index contributed by atoms with van der Waals surface area (Å²) in [7, 11) is 1.80. The fourth-order valence-corrected chi connectivity index (χ4v) is 2.86. The number of amides is 1. The van der Waals surface area contributed by atoms with Crippen LogP contribution in [0.3, 0.4) is 0 Å². The van der Waals surface area contributed by atoms with Gasteiger partial charge < -0.3 is 19.5 Å². The number of nitrogens with zero attached hydrogens (tertiary/aromatic N) is 5. The average Bonchev–Trinajstić information content (AvgIpc) is 3.08. The number of ether oxygens (including phenoxy) is 1. The van der Waals surface area contributed by atoms with E-state index in [9.17, 15) is 4.79 Å². The Morgan fingerprint density at radius 2 is 2.17 bits per heavy atom. The molecular weight excluding hydrogens is 308 g/mol. The van der Waals surface area contributed by atoms with Crippen molar-refractivity contribution < 1.29 is 9.53 Å². The van der Waals surface area contributed by atoms with Gasteiger partial charge in [-0.15, -0.1) is 0 Å². The zero-order valence-corrected chi connectivity index (χ0v) is 14.0. The molecule has 1 amide bonds. The second kappa shape index (κ2) is 7.39. The predicted octanol–water partition coefficient (Wildman–Crippen LogP) is 0.877. The molecule has 0 saturated carbocycles. The van der Waals surface area contributed by atoms with Crippen molar-refractivity contribution in [1.82, 2.24) is 24.4 Å². The van der Waals surface area contributed by atoms with Crippen LogP contribution in [0.2, 0.25) is 0 Å². The van der Waals surface area contributed by atoms with Crippen LogP contribution in [0.5, 0.6) is 0 Å². The van der Waals surface area contributed by atoms with E-state index in [1.807, 2.05) is 22.6 Å². The van der Waals surface area contributed by atoms with Crippen LogP contribution in [0.15, 0.2) is 24.8 Å². The van der Waals surface area contributed by atoms with Crippen LogP contribution in [0.25, 0.3) is 0 Å². The Bertz CT molecular complexity index is 701. The summed E-state index contributed by atoms with van der Waals surface area (Å²) in [5, 5.41) is 3.02. The van der Waals surface area contributed by atoms with Gasteiger partial charge in [0.05, 0.1) is 13.2 Å². The second-order valence-corrected chi connectivity index (χ2v) is 5.56. The van der Waals surface area contributed by atoms with E-state index in [4.69, 9.17) is 4.74 Å². The third-order valence-corrected chi connectivity index (χ3v) is 4.11. The Hall–Kier alpha value is -2.48. The number of hydrogen-bond acceptors (Lipinski definition) is 6. The third-order valence-electron chi connectivity index (χ3n) is 4.11. The average molecular weight is 330 g/mol. The summed E-state index contributed by atoms with van der Waals surface area (Å²) in [4.78, 5) is 27.3. The molecule has 0 radical (unpaired) electrons. The lowest BCUT2D eigenvalue weighted by Gasteiger charge is -2.33. The van der Waals surface area contributed by atoms with E-state index < -0.39 is 0 Å². The molecule has 8 heteroatoms. The number of rotatable bonds is 5. The molecule has 128 valence electrons. The first-order chi connectivity index (χ1) is 11.7. The lowest BCUT2D eigenvalue weighted by atomic mass is 10.2. The summed E-state index contributed by atoms with van der Waals surface area (Å²) >= 11 is 0. The number of anilines is 1. The van der Waals surface area contributed by atoms with Crippen molar-refractivity contribution >= 4 is 11.7 Å². The van der Waals surface area contributed by atoms with E-state index in [1.54, 1.807) is 25.6 Å². The number of aryl methyl sites for hydroxylation is 1. The number of carbonyl (C=O) groups is 1. The molecule has 1 unspecified atom stereocenters. The van der Waals surface area contributed by atoms with Crippen molar-refractivity contribution in [2.24, 2.45) is 0 Å². The molecule has 1 fully saturated rings.